The Balaban J connectivity index is 0.00000105. The average molecular weight is 522 g/mol. The molecule has 2 aliphatic carbocycles. The van der Waals surface area contributed by atoms with Crippen LogP contribution in [-0.2, 0) is 16.2 Å². The molecule has 3 aromatic rings. The van der Waals surface area contributed by atoms with Crippen LogP contribution in [0.5, 0.6) is 5.75 Å². The number of aromatic nitrogens is 1. The van der Waals surface area contributed by atoms with E-state index in [-0.39, 0.29) is 11.8 Å². The van der Waals surface area contributed by atoms with Gasteiger partial charge in [-0.05, 0) is 65.7 Å². The van der Waals surface area contributed by atoms with Gasteiger partial charge in [0.25, 0.3) is 0 Å². The smallest absolute Gasteiger partial charge is 0.349 e. The quantitative estimate of drug-likeness (QED) is 0.298. The lowest BCUT2D eigenvalue weighted by molar-refractivity contribution is -0.183. The fraction of sp³-hybridized carbons (Fsp3) is 0.355. The second-order valence-corrected chi connectivity index (χ2v) is 10.2. The Hall–Kier alpha value is -3.74. The van der Waals surface area contributed by atoms with Gasteiger partial charge in [0.05, 0.1) is 19.1 Å². The molecular weight excluding hydrogens is 488 g/mol. The van der Waals surface area contributed by atoms with E-state index in [1.807, 2.05) is 36.4 Å². The lowest BCUT2D eigenvalue weighted by Crippen LogP contribution is -2.10. The number of ether oxygens (including phenoxy) is 1. The first-order valence-corrected chi connectivity index (χ1v) is 13.0. The van der Waals surface area contributed by atoms with E-state index in [0.717, 1.165) is 35.1 Å². The molecule has 0 bridgehead atoms. The fourth-order valence-electron chi connectivity index (χ4n) is 4.41. The molecule has 2 aliphatic rings. The van der Waals surface area contributed by atoms with Crippen molar-refractivity contribution in [3.8, 4) is 17.0 Å². The van der Waals surface area contributed by atoms with Gasteiger partial charge >= 0.3 is 5.97 Å². The molecule has 0 saturated heterocycles. The lowest BCUT2D eigenvalue weighted by atomic mass is 9.80. The van der Waals surface area contributed by atoms with Crippen molar-refractivity contribution in [2.75, 3.05) is 7.11 Å². The van der Waals surface area contributed by atoms with Crippen LogP contribution in [0.3, 0.4) is 0 Å². The first kappa shape index (κ1) is 27.3. The molecule has 0 radical (unpaired) electrons. The molecule has 7 heteroatoms. The van der Waals surface area contributed by atoms with Gasteiger partial charge in [0, 0.05) is 10.1 Å². The summed E-state index contributed by atoms with van der Waals surface area (Å²) < 4.78 is 37.9. The summed E-state index contributed by atoms with van der Waals surface area (Å²) in [4.78, 5) is 14.3. The average Bonchev–Trinajstić information content (AvgIpc) is 3.69. The van der Waals surface area contributed by atoms with Gasteiger partial charge in [-0.15, -0.1) is 0 Å². The van der Waals surface area contributed by atoms with Crippen LogP contribution < -0.4 is 4.74 Å². The standard InChI is InChI=1S/C28H27F2NO4.C3H6/c1-28(2)15-5-8-22(28)26-24(35-31-27(26)21-17-20(33-3)11-12-23(21)29)13-9-18-6-4-7-19(16-18)10-14-25(32)34-30;1-2-3-1/h4,6-9,11-13,16-17H,5,10,14-15H2,1-3H3;1-3H2/b13-9-;. The Morgan fingerprint density at radius 3 is 2.58 bits per heavy atom. The Bertz CT molecular complexity index is 1330. The van der Waals surface area contributed by atoms with Crippen LogP contribution in [0.15, 0.2) is 53.1 Å². The van der Waals surface area contributed by atoms with Crippen molar-refractivity contribution < 1.29 is 27.9 Å². The molecule has 200 valence electrons. The summed E-state index contributed by atoms with van der Waals surface area (Å²) in [6.07, 6.45) is 12.5. The van der Waals surface area contributed by atoms with Crippen molar-refractivity contribution >= 4 is 23.7 Å². The largest absolute Gasteiger partial charge is 0.497 e. The molecule has 0 atom stereocenters. The van der Waals surface area contributed by atoms with Gasteiger partial charge < -0.3 is 9.26 Å². The maximum atomic E-state index is 14.9. The number of carbonyl (C=O) groups excluding carboxylic acids is 1. The van der Waals surface area contributed by atoms with E-state index in [2.05, 4.69) is 30.0 Å². The van der Waals surface area contributed by atoms with Gasteiger partial charge in [0.1, 0.15) is 17.3 Å². The maximum Gasteiger partial charge on any atom is 0.349 e. The number of nitrogens with zero attached hydrogens (tertiary/aromatic N) is 1. The zero-order chi connectivity index (χ0) is 27.1. The fourth-order valence-corrected chi connectivity index (χ4v) is 4.41. The Morgan fingerprint density at radius 1 is 1.13 bits per heavy atom. The predicted molar refractivity (Wildman–Crippen MR) is 144 cm³/mol. The molecule has 0 unspecified atom stereocenters. The highest BCUT2D eigenvalue weighted by Crippen LogP contribution is 2.48. The molecule has 0 amide bonds. The monoisotopic (exact) mass is 521 g/mol. The summed E-state index contributed by atoms with van der Waals surface area (Å²) in [7, 11) is 1.53. The zero-order valence-electron chi connectivity index (χ0n) is 22.1. The highest BCUT2D eigenvalue weighted by atomic mass is 19.3. The third kappa shape index (κ3) is 6.77. The molecule has 0 N–H and O–H groups in total. The van der Waals surface area contributed by atoms with E-state index in [4.69, 9.17) is 9.26 Å². The van der Waals surface area contributed by atoms with Crippen molar-refractivity contribution in [2.24, 2.45) is 5.41 Å². The highest BCUT2D eigenvalue weighted by Gasteiger charge is 2.34. The molecule has 1 aromatic heterocycles. The number of methoxy groups -OCH3 is 1. The summed E-state index contributed by atoms with van der Waals surface area (Å²) >= 11 is 0. The Labute approximate surface area is 222 Å². The topological polar surface area (TPSA) is 61.6 Å². The van der Waals surface area contributed by atoms with Crippen molar-refractivity contribution in [3.63, 3.8) is 0 Å². The van der Waals surface area contributed by atoms with Crippen LogP contribution in [0, 0.1) is 11.2 Å². The Morgan fingerprint density at radius 2 is 1.92 bits per heavy atom. The van der Waals surface area contributed by atoms with E-state index in [9.17, 15) is 13.7 Å². The van der Waals surface area contributed by atoms with E-state index in [1.54, 1.807) is 12.1 Å². The van der Waals surface area contributed by atoms with Crippen molar-refractivity contribution in [2.45, 2.75) is 58.8 Å². The predicted octanol–water partition coefficient (Wildman–Crippen LogP) is 8.39. The number of halogens is 2. The number of carbonyl (C=O) groups is 1. The van der Waals surface area contributed by atoms with Gasteiger partial charge in [0.2, 0.25) is 0 Å². The number of rotatable bonds is 8. The molecule has 5 rings (SSSR count). The second kappa shape index (κ2) is 12.2. The van der Waals surface area contributed by atoms with Crippen LogP contribution in [0.4, 0.5) is 8.92 Å². The van der Waals surface area contributed by atoms with Crippen LogP contribution in [0.25, 0.3) is 29.0 Å². The van der Waals surface area contributed by atoms with Gasteiger partial charge in [-0.2, -0.15) is 0 Å². The molecule has 0 spiro atoms. The molecule has 0 aliphatic heterocycles. The summed E-state index contributed by atoms with van der Waals surface area (Å²) in [6.45, 7) is 4.31. The molecule has 1 saturated carbocycles. The molecule has 1 fully saturated rings. The Kier molecular flexibility index (Phi) is 8.77. The number of hydrogen-bond donors (Lipinski definition) is 0. The van der Waals surface area contributed by atoms with Gasteiger partial charge in [-0.1, -0.05) is 74.7 Å². The van der Waals surface area contributed by atoms with E-state index >= 15 is 0 Å². The molecule has 1 heterocycles. The van der Waals surface area contributed by atoms with Crippen molar-refractivity contribution in [1.29, 1.82) is 0 Å². The van der Waals surface area contributed by atoms with Gasteiger partial charge in [-0.25, -0.2) is 9.18 Å². The first-order chi connectivity index (χ1) is 18.3. The van der Waals surface area contributed by atoms with Crippen LogP contribution in [-0.4, -0.2) is 18.2 Å². The number of benzene rings is 2. The normalized spacial score (nSPS) is 15.6. The van der Waals surface area contributed by atoms with E-state index < -0.39 is 11.8 Å². The number of hydrogen-bond acceptors (Lipinski definition) is 5. The molecule has 38 heavy (non-hydrogen) atoms. The summed E-state index contributed by atoms with van der Waals surface area (Å²) in [5, 5.41) is 4.27. The summed E-state index contributed by atoms with van der Waals surface area (Å²) in [5.41, 5.74) is 4.19. The lowest BCUT2D eigenvalue weighted by Gasteiger charge is -2.22. The third-order valence-electron chi connectivity index (χ3n) is 6.70. The number of aryl methyl sites for hydroxylation is 1. The molecule has 5 nitrogen and oxygen atoms in total. The third-order valence-corrected chi connectivity index (χ3v) is 6.70. The van der Waals surface area contributed by atoms with Crippen molar-refractivity contribution in [1.82, 2.24) is 5.16 Å². The van der Waals surface area contributed by atoms with Crippen LogP contribution >= 0.6 is 0 Å². The van der Waals surface area contributed by atoms with Gasteiger partial charge in [0.15, 0.2) is 5.76 Å². The maximum absolute atomic E-state index is 14.9. The minimum Gasteiger partial charge on any atom is -0.497 e. The second-order valence-electron chi connectivity index (χ2n) is 10.2. The van der Waals surface area contributed by atoms with E-state index in [0.29, 0.717) is 29.2 Å². The SMILES string of the molecule is C1CC1.COc1ccc(F)c(-c2noc(/C=C\c3cccc(CCC(=O)OF)c3)c2C2=CCCC2(C)C)c1. The summed E-state index contributed by atoms with van der Waals surface area (Å²) in [6, 6.07) is 12.1. The van der Waals surface area contributed by atoms with E-state index in [1.165, 1.54) is 32.4 Å². The highest BCUT2D eigenvalue weighted by molar-refractivity contribution is 5.88. The minimum atomic E-state index is -0.901. The minimum absolute atomic E-state index is 0.0470. The molecule has 2 aromatic carbocycles. The van der Waals surface area contributed by atoms with Crippen LogP contribution in [0.2, 0.25) is 0 Å². The molecular formula is C31H33F2NO4. The van der Waals surface area contributed by atoms with Gasteiger partial charge in [-0.3, -0.25) is 4.94 Å². The number of allylic oxidation sites excluding steroid dienone is 2. The first-order valence-electron chi connectivity index (χ1n) is 13.0. The summed E-state index contributed by atoms with van der Waals surface area (Å²) in [5.74, 6) is -0.260. The zero-order valence-corrected chi connectivity index (χ0v) is 22.1. The van der Waals surface area contributed by atoms with Crippen LogP contribution in [0.1, 0.15) is 74.8 Å². The van der Waals surface area contributed by atoms with Crippen molar-refractivity contribution in [3.05, 3.63) is 76.8 Å².